The number of para-hydroxylation sites is 1. The van der Waals surface area contributed by atoms with Crippen LogP contribution in [-0.2, 0) is 4.79 Å². The molecule has 1 amide bonds. The fraction of sp³-hybridized carbons (Fsp3) is 0.0526. The summed E-state index contributed by atoms with van der Waals surface area (Å²) in [5.41, 5.74) is 2.05. The van der Waals surface area contributed by atoms with Gasteiger partial charge in [-0.25, -0.2) is 4.98 Å². The first-order valence-electron chi connectivity index (χ1n) is 7.65. The molecule has 6 heteroatoms. The number of benzene rings is 2. The number of hydrogen-bond donors (Lipinski definition) is 1. The lowest BCUT2D eigenvalue weighted by atomic mass is 10.1. The summed E-state index contributed by atoms with van der Waals surface area (Å²) in [4.78, 5) is 15.9. The highest BCUT2D eigenvalue weighted by Crippen LogP contribution is 2.31. The van der Waals surface area contributed by atoms with Crippen molar-refractivity contribution < 1.29 is 13.9 Å². The van der Waals surface area contributed by atoms with E-state index in [1.807, 2.05) is 36.4 Å². The Balaban J connectivity index is 1.50. The van der Waals surface area contributed by atoms with Gasteiger partial charge in [-0.15, -0.1) is 0 Å². The Hall–Kier alpha value is -3.05. The van der Waals surface area contributed by atoms with E-state index in [2.05, 4.69) is 10.3 Å². The lowest BCUT2D eigenvalue weighted by Gasteiger charge is -2.08. The van der Waals surface area contributed by atoms with E-state index in [0.717, 1.165) is 21.9 Å². The fourth-order valence-electron chi connectivity index (χ4n) is 2.61. The molecule has 4 rings (SSSR count). The summed E-state index contributed by atoms with van der Waals surface area (Å²) in [6.45, 7) is -0.132. The van der Waals surface area contributed by atoms with E-state index in [4.69, 9.17) is 20.8 Å². The average molecular weight is 353 g/mol. The van der Waals surface area contributed by atoms with Gasteiger partial charge in [0, 0.05) is 17.0 Å². The number of halogens is 1. The van der Waals surface area contributed by atoms with Gasteiger partial charge in [0.2, 0.25) is 0 Å². The number of anilines is 1. The van der Waals surface area contributed by atoms with Crippen LogP contribution in [-0.4, -0.2) is 17.5 Å². The number of nitrogens with zero attached hydrogens (tertiary/aromatic N) is 1. The quantitative estimate of drug-likeness (QED) is 0.543. The highest BCUT2D eigenvalue weighted by molar-refractivity contribution is 6.32. The summed E-state index contributed by atoms with van der Waals surface area (Å²) in [6, 6.07) is 16.6. The molecule has 25 heavy (non-hydrogen) atoms. The highest BCUT2D eigenvalue weighted by Gasteiger charge is 2.10. The molecule has 2 aromatic carbocycles. The highest BCUT2D eigenvalue weighted by atomic mass is 35.5. The zero-order valence-corrected chi connectivity index (χ0v) is 13.8. The van der Waals surface area contributed by atoms with Crippen molar-refractivity contribution in [1.29, 1.82) is 0 Å². The monoisotopic (exact) mass is 352 g/mol. The van der Waals surface area contributed by atoms with Crippen LogP contribution >= 0.6 is 11.6 Å². The van der Waals surface area contributed by atoms with Crippen molar-refractivity contribution in [3.05, 3.63) is 65.9 Å². The van der Waals surface area contributed by atoms with E-state index in [0.29, 0.717) is 11.4 Å². The van der Waals surface area contributed by atoms with Crippen LogP contribution in [0.4, 0.5) is 5.69 Å². The van der Waals surface area contributed by atoms with Crippen molar-refractivity contribution in [1.82, 2.24) is 4.98 Å². The van der Waals surface area contributed by atoms with Crippen molar-refractivity contribution >= 4 is 45.1 Å². The fourth-order valence-corrected chi connectivity index (χ4v) is 2.78. The minimum Gasteiger partial charge on any atom is -0.484 e. The van der Waals surface area contributed by atoms with Crippen LogP contribution in [0.15, 0.2) is 65.2 Å². The number of ether oxygens (including phenoxy) is 1. The molecule has 0 radical (unpaired) electrons. The number of hydrogen-bond acceptors (Lipinski definition) is 4. The molecular weight excluding hydrogens is 340 g/mol. The topological polar surface area (TPSA) is 64.4 Å². The third-order valence-corrected chi connectivity index (χ3v) is 4.05. The number of nitrogens with one attached hydrogen (secondary N) is 1. The summed E-state index contributed by atoms with van der Waals surface area (Å²) >= 11 is 5.92. The summed E-state index contributed by atoms with van der Waals surface area (Å²) in [5, 5.41) is 4.86. The molecule has 0 bridgehead atoms. The first-order chi connectivity index (χ1) is 12.2. The standard InChI is InChI=1S/C19H13ClN2O3/c20-19-15(5-3-9-21-19)22-18(23)11-24-12-7-8-17-14(10-12)13-4-1-2-6-16(13)25-17/h1-10H,11H2,(H,22,23). The first kappa shape index (κ1) is 15.5. The van der Waals surface area contributed by atoms with Gasteiger partial charge in [-0.1, -0.05) is 29.8 Å². The maximum absolute atomic E-state index is 12.0. The Morgan fingerprint density at radius 1 is 1.08 bits per heavy atom. The molecule has 5 nitrogen and oxygen atoms in total. The van der Waals surface area contributed by atoms with Crippen molar-refractivity contribution in [3.8, 4) is 5.75 Å². The van der Waals surface area contributed by atoms with E-state index < -0.39 is 0 Å². The second-order valence-corrected chi connectivity index (χ2v) is 5.79. The Labute approximate surface area is 148 Å². The summed E-state index contributed by atoms with van der Waals surface area (Å²) in [7, 11) is 0. The van der Waals surface area contributed by atoms with E-state index in [-0.39, 0.29) is 17.7 Å². The number of fused-ring (bicyclic) bond motifs is 3. The van der Waals surface area contributed by atoms with Gasteiger partial charge in [0.15, 0.2) is 11.8 Å². The van der Waals surface area contributed by atoms with Gasteiger partial charge in [0.25, 0.3) is 5.91 Å². The number of aromatic nitrogens is 1. The van der Waals surface area contributed by atoms with Crippen LogP contribution < -0.4 is 10.1 Å². The predicted molar refractivity (Wildman–Crippen MR) is 97.1 cm³/mol. The normalized spacial score (nSPS) is 10.9. The third kappa shape index (κ3) is 3.14. The third-order valence-electron chi connectivity index (χ3n) is 3.75. The number of rotatable bonds is 4. The molecule has 2 heterocycles. The smallest absolute Gasteiger partial charge is 0.262 e. The van der Waals surface area contributed by atoms with E-state index in [1.54, 1.807) is 24.4 Å². The number of furan rings is 1. The SMILES string of the molecule is O=C(COc1ccc2oc3ccccc3c2c1)Nc1cccnc1Cl. The number of carbonyl (C=O) groups excluding carboxylic acids is 1. The average Bonchev–Trinajstić information content (AvgIpc) is 3.00. The Bertz CT molecular complexity index is 1070. The van der Waals surface area contributed by atoms with Gasteiger partial charge in [0.1, 0.15) is 16.9 Å². The molecule has 0 aliphatic heterocycles. The minimum atomic E-state index is -0.313. The van der Waals surface area contributed by atoms with Crippen molar-refractivity contribution in [2.24, 2.45) is 0 Å². The first-order valence-corrected chi connectivity index (χ1v) is 8.03. The van der Waals surface area contributed by atoms with Gasteiger partial charge in [-0.05, 0) is 36.4 Å². The van der Waals surface area contributed by atoms with E-state index in [9.17, 15) is 4.79 Å². The van der Waals surface area contributed by atoms with Crippen molar-refractivity contribution in [2.45, 2.75) is 0 Å². The second-order valence-electron chi connectivity index (χ2n) is 5.43. The lowest BCUT2D eigenvalue weighted by molar-refractivity contribution is -0.118. The van der Waals surface area contributed by atoms with E-state index >= 15 is 0 Å². The molecule has 124 valence electrons. The molecule has 4 aromatic rings. The zero-order valence-electron chi connectivity index (χ0n) is 13.0. The molecule has 1 N–H and O–H groups in total. The van der Waals surface area contributed by atoms with Crippen LogP contribution in [0.25, 0.3) is 21.9 Å². The Kier molecular flexibility index (Phi) is 3.99. The molecule has 0 spiro atoms. The number of pyridine rings is 1. The van der Waals surface area contributed by atoms with Crippen LogP contribution in [0.3, 0.4) is 0 Å². The number of carbonyl (C=O) groups is 1. The van der Waals surface area contributed by atoms with E-state index in [1.165, 1.54) is 0 Å². The van der Waals surface area contributed by atoms with Gasteiger partial charge < -0.3 is 14.5 Å². The minimum absolute atomic E-state index is 0.132. The second kappa shape index (κ2) is 6.45. The summed E-state index contributed by atoms with van der Waals surface area (Å²) in [6.07, 6.45) is 1.55. The van der Waals surface area contributed by atoms with Crippen molar-refractivity contribution in [2.75, 3.05) is 11.9 Å². The maximum atomic E-state index is 12.0. The summed E-state index contributed by atoms with van der Waals surface area (Å²) in [5.74, 6) is 0.276. The molecule has 0 unspecified atom stereocenters. The molecule has 0 aliphatic rings. The van der Waals surface area contributed by atoms with Crippen LogP contribution in [0.2, 0.25) is 5.15 Å². The van der Waals surface area contributed by atoms with Gasteiger partial charge in [0.05, 0.1) is 5.69 Å². The molecule has 0 atom stereocenters. The van der Waals surface area contributed by atoms with Crippen LogP contribution in [0.1, 0.15) is 0 Å². The lowest BCUT2D eigenvalue weighted by Crippen LogP contribution is -2.20. The van der Waals surface area contributed by atoms with Crippen molar-refractivity contribution in [3.63, 3.8) is 0 Å². The van der Waals surface area contributed by atoms with Gasteiger partial charge in [-0.2, -0.15) is 0 Å². The zero-order chi connectivity index (χ0) is 17.2. The van der Waals surface area contributed by atoms with Gasteiger partial charge in [-0.3, -0.25) is 4.79 Å². The predicted octanol–water partition coefficient (Wildman–Crippen LogP) is 4.65. The molecule has 0 saturated carbocycles. The van der Waals surface area contributed by atoms with Gasteiger partial charge >= 0.3 is 0 Å². The molecule has 0 fully saturated rings. The number of amides is 1. The largest absolute Gasteiger partial charge is 0.484 e. The molecule has 2 aromatic heterocycles. The molecular formula is C19H13ClN2O3. The molecule has 0 aliphatic carbocycles. The van der Waals surface area contributed by atoms with Crippen LogP contribution in [0.5, 0.6) is 5.75 Å². The summed E-state index contributed by atoms with van der Waals surface area (Å²) < 4.78 is 11.4. The Morgan fingerprint density at radius 2 is 1.92 bits per heavy atom. The Morgan fingerprint density at radius 3 is 2.80 bits per heavy atom. The molecule has 0 saturated heterocycles. The van der Waals surface area contributed by atoms with Crippen LogP contribution in [0, 0.1) is 0 Å². The maximum Gasteiger partial charge on any atom is 0.262 e.